The molecule has 6 aromatic carbocycles. The zero-order valence-corrected chi connectivity index (χ0v) is 44.6. The van der Waals surface area contributed by atoms with E-state index in [1.54, 1.807) is 0 Å². The third kappa shape index (κ3) is 7.34. The van der Waals surface area contributed by atoms with Crippen LogP contribution in [0, 0.1) is 0 Å². The molecule has 0 fully saturated rings. The van der Waals surface area contributed by atoms with E-state index in [0.717, 1.165) is 0 Å². The Kier molecular flexibility index (Phi) is 10.1. The van der Waals surface area contributed by atoms with Crippen molar-refractivity contribution in [3.8, 4) is 11.1 Å². The smallest absolute Gasteiger partial charge is 0.254 e. The Morgan fingerprint density at radius 1 is 0.500 bits per heavy atom. The van der Waals surface area contributed by atoms with E-state index in [1.165, 1.54) is 117 Å². The molecule has 0 amide bonds. The Labute approximate surface area is 402 Å². The van der Waals surface area contributed by atoms with Crippen molar-refractivity contribution in [1.82, 2.24) is 0 Å². The van der Waals surface area contributed by atoms with Crippen LogP contribution in [0.3, 0.4) is 0 Å². The van der Waals surface area contributed by atoms with E-state index < -0.39 is 8.07 Å². The standard InChI is InChI=1S/C61H71BN2SSi/c1-57(2,3)40-19-24-43(25-20-40)63-50-37-48-47(60(10,11)31-32-61(48,12)13)36-49(50)62-54-46-35-42(59(7,8)9)23-30-53(46)65-56(54)64(44-26-21-41(22-27-44)58(4,5)6)52-34-39(33-51(63)55(52)62)38-17-28-45(29-18-38)66(14,15)16/h17-30,33-37H,31-32H2,1-16H3. The molecule has 0 spiro atoms. The molecular formula is C61H71BN2SSi. The number of hydrogen-bond acceptors (Lipinski definition) is 3. The maximum atomic E-state index is 2.69. The lowest BCUT2D eigenvalue weighted by Crippen LogP contribution is -2.61. The van der Waals surface area contributed by atoms with Crippen LogP contribution in [0.15, 0.2) is 115 Å². The first kappa shape index (κ1) is 45.0. The SMILES string of the molecule is CC(C)(C)c1ccc(N2c3cc4c(cc3B3c5c2cc(-c2ccc([Si](C)(C)C)cc2)cc5N(c2ccc(C(C)(C)C)cc2)c2sc5ccc(C(C)(C)C)cc5c23)C(C)(C)CCC4(C)C)cc1. The molecule has 3 heterocycles. The van der Waals surface area contributed by atoms with Crippen molar-refractivity contribution in [3.05, 3.63) is 143 Å². The van der Waals surface area contributed by atoms with Gasteiger partial charge in [-0.2, -0.15) is 0 Å². The van der Waals surface area contributed by atoms with Crippen LogP contribution in [0.1, 0.15) is 131 Å². The van der Waals surface area contributed by atoms with Gasteiger partial charge in [-0.25, -0.2) is 0 Å². The van der Waals surface area contributed by atoms with Crippen LogP contribution in [0.2, 0.25) is 19.6 Å². The average molecular weight is 903 g/mol. The van der Waals surface area contributed by atoms with Gasteiger partial charge in [0.15, 0.2) is 0 Å². The first-order valence-electron chi connectivity index (χ1n) is 24.6. The van der Waals surface area contributed by atoms with E-state index in [-0.39, 0.29) is 33.8 Å². The summed E-state index contributed by atoms with van der Waals surface area (Å²) in [4.78, 5) is 5.31. The summed E-state index contributed by atoms with van der Waals surface area (Å²) in [5.41, 5.74) is 20.4. The second-order valence-corrected chi connectivity index (χ2v) is 31.6. The van der Waals surface area contributed by atoms with Gasteiger partial charge in [0, 0.05) is 33.1 Å². The molecule has 0 saturated heterocycles. The Balaban J connectivity index is 1.36. The summed E-state index contributed by atoms with van der Waals surface area (Å²) in [5, 5.41) is 4.21. The van der Waals surface area contributed by atoms with Gasteiger partial charge in [0.2, 0.25) is 0 Å². The highest BCUT2D eigenvalue weighted by Gasteiger charge is 2.48. The number of hydrogen-bond donors (Lipinski definition) is 0. The van der Waals surface area contributed by atoms with Gasteiger partial charge >= 0.3 is 0 Å². The van der Waals surface area contributed by atoms with Crippen LogP contribution >= 0.6 is 11.3 Å². The highest BCUT2D eigenvalue weighted by Crippen LogP contribution is 2.53. The van der Waals surface area contributed by atoms with Crippen LogP contribution < -0.4 is 31.4 Å². The largest absolute Gasteiger partial charge is 0.311 e. The Morgan fingerprint density at radius 3 is 1.50 bits per heavy atom. The Hall–Kier alpha value is -4.84. The first-order chi connectivity index (χ1) is 30.7. The fourth-order valence-corrected chi connectivity index (χ4v) is 13.6. The third-order valence-corrected chi connectivity index (χ3v) is 18.8. The topological polar surface area (TPSA) is 6.48 Å². The summed E-state index contributed by atoms with van der Waals surface area (Å²) in [7, 11) is -1.51. The van der Waals surface area contributed by atoms with E-state index in [4.69, 9.17) is 0 Å². The lowest BCUT2D eigenvalue weighted by Gasteiger charge is -2.47. The number of fused-ring (bicyclic) bond motifs is 7. The van der Waals surface area contributed by atoms with Crippen LogP contribution in [-0.4, -0.2) is 14.8 Å². The average Bonchev–Trinajstić information content (AvgIpc) is 3.62. The fourth-order valence-electron chi connectivity index (χ4n) is 11.1. The molecule has 10 rings (SSSR count). The van der Waals surface area contributed by atoms with Gasteiger partial charge in [-0.3, -0.25) is 0 Å². The molecule has 1 aromatic heterocycles. The van der Waals surface area contributed by atoms with Gasteiger partial charge < -0.3 is 9.80 Å². The molecule has 0 saturated carbocycles. The van der Waals surface area contributed by atoms with Crippen molar-refractivity contribution in [1.29, 1.82) is 0 Å². The monoisotopic (exact) mass is 903 g/mol. The van der Waals surface area contributed by atoms with Crippen LogP contribution in [0.5, 0.6) is 0 Å². The lowest BCUT2D eigenvalue weighted by molar-refractivity contribution is 0.332. The van der Waals surface area contributed by atoms with Crippen molar-refractivity contribution in [2.45, 2.75) is 150 Å². The molecule has 5 heteroatoms. The highest BCUT2D eigenvalue weighted by atomic mass is 32.1. The van der Waals surface area contributed by atoms with Crippen LogP contribution in [0.4, 0.5) is 33.4 Å². The van der Waals surface area contributed by atoms with Crippen molar-refractivity contribution in [3.63, 3.8) is 0 Å². The Bertz CT molecular complexity index is 3050. The number of benzene rings is 6. The highest BCUT2D eigenvalue weighted by molar-refractivity contribution is 7.26. The molecule has 3 aliphatic rings. The van der Waals surface area contributed by atoms with Crippen LogP contribution in [0.25, 0.3) is 21.2 Å². The lowest BCUT2D eigenvalue weighted by atomic mass is 9.33. The van der Waals surface area contributed by atoms with Crippen molar-refractivity contribution >= 4 is 91.2 Å². The maximum absolute atomic E-state index is 2.69. The summed E-state index contributed by atoms with van der Waals surface area (Å²) in [6.07, 6.45) is 2.35. The van der Waals surface area contributed by atoms with Gasteiger partial charge in [-0.1, -0.05) is 182 Å². The predicted molar refractivity (Wildman–Crippen MR) is 296 cm³/mol. The van der Waals surface area contributed by atoms with E-state index in [2.05, 4.69) is 235 Å². The third-order valence-electron chi connectivity index (χ3n) is 15.6. The number of anilines is 6. The summed E-state index contributed by atoms with van der Waals surface area (Å²) < 4.78 is 1.35. The van der Waals surface area contributed by atoms with Crippen molar-refractivity contribution in [2.24, 2.45) is 0 Å². The molecule has 338 valence electrons. The normalized spacial score (nSPS) is 16.5. The molecule has 1 aliphatic carbocycles. The molecule has 2 aliphatic heterocycles. The fraction of sp³-hybridized carbons (Fsp3) is 0.377. The minimum Gasteiger partial charge on any atom is -0.311 e. The minimum absolute atomic E-state index is 0.0122. The second-order valence-electron chi connectivity index (χ2n) is 25.5. The molecule has 66 heavy (non-hydrogen) atoms. The zero-order chi connectivity index (χ0) is 47.3. The summed E-state index contributed by atoms with van der Waals surface area (Å²) in [6.45, 7) is 38.3. The number of rotatable bonds is 4. The Morgan fingerprint density at radius 2 is 0.985 bits per heavy atom. The number of nitrogens with zero attached hydrogens (tertiary/aromatic N) is 2. The molecule has 7 aromatic rings. The molecule has 0 radical (unpaired) electrons. The van der Waals surface area contributed by atoms with Gasteiger partial charge in [-0.15, -0.1) is 11.3 Å². The van der Waals surface area contributed by atoms with Gasteiger partial charge in [0.25, 0.3) is 6.71 Å². The van der Waals surface area contributed by atoms with Gasteiger partial charge in [0.05, 0.1) is 13.1 Å². The molecule has 0 N–H and O–H groups in total. The quantitative estimate of drug-likeness (QED) is 0.162. The zero-order valence-electron chi connectivity index (χ0n) is 42.8. The van der Waals surface area contributed by atoms with E-state index in [0.29, 0.717) is 0 Å². The molecule has 0 unspecified atom stereocenters. The maximum Gasteiger partial charge on any atom is 0.254 e. The molecular weight excluding hydrogens is 832 g/mol. The van der Waals surface area contributed by atoms with Crippen molar-refractivity contribution in [2.75, 3.05) is 9.80 Å². The van der Waals surface area contributed by atoms with E-state index in [1.807, 2.05) is 11.3 Å². The van der Waals surface area contributed by atoms with Crippen molar-refractivity contribution < 1.29 is 0 Å². The second kappa shape index (κ2) is 14.8. The minimum atomic E-state index is -1.51. The first-order valence-corrected chi connectivity index (χ1v) is 28.9. The molecule has 2 nitrogen and oxygen atoms in total. The van der Waals surface area contributed by atoms with E-state index >= 15 is 0 Å². The summed E-state index contributed by atoms with van der Waals surface area (Å²) in [5.74, 6) is 0. The van der Waals surface area contributed by atoms with Gasteiger partial charge in [-0.05, 0) is 149 Å². The molecule has 0 bridgehead atoms. The summed E-state index contributed by atoms with van der Waals surface area (Å²) in [6, 6.07) is 46.4. The summed E-state index contributed by atoms with van der Waals surface area (Å²) >= 11 is 1.97. The predicted octanol–water partition coefficient (Wildman–Crippen LogP) is 15.4. The van der Waals surface area contributed by atoms with Crippen LogP contribution in [-0.2, 0) is 27.1 Å². The molecule has 0 atom stereocenters. The number of thiophene rings is 1. The van der Waals surface area contributed by atoms with E-state index in [9.17, 15) is 0 Å². The van der Waals surface area contributed by atoms with Gasteiger partial charge in [0.1, 0.15) is 0 Å².